The number of nitrogens with zero attached hydrogens (tertiary/aromatic N) is 6. The maximum Gasteiger partial charge on any atom is 0.316 e. The maximum atomic E-state index is 14.1. The van der Waals surface area contributed by atoms with Gasteiger partial charge in [-0.15, -0.1) is 5.10 Å². The molecular weight excluding hydrogens is 655 g/mol. The Kier molecular flexibility index (Phi) is 9.40. The van der Waals surface area contributed by atoms with Crippen LogP contribution in [0.2, 0.25) is 0 Å². The van der Waals surface area contributed by atoms with Crippen molar-refractivity contribution in [2.45, 2.75) is 83.4 Å². The summed E-state index contributed by atoms with van der Waals surface area (Å²) in [5.41, 5.74) is 11.9. The molecule has 0 fully saturated rings. The van der Waals surface area contributed by atoms with Gasteiger partial charge in [0.05, 0.1) is 30.4 Å². The number of hydrogen-bond acceptors (Lipinski definition) is 9. The van der Waals surface area contributed by atoms with Gasteiger partial charge in [-0.1, -0.05) is 62.4 Å². The van der Waals surface area contributed by atoms with E-state index in [0.717, 1.165) is 38.9 Å². The lowest BCUT2D eigenvalue weighted by molar-refractivity contribution is 0.0996. The Labute approximate surface area is 292 Å². The molecule has 0 unspecified atom stereocenters. The Hall–Kier alpha value is -4.88. The first-order chi connectivity index (χ1) is 23.8. The van der Waals surface area contributed by atoms with E-state index in [1.165, 1.54) is 17.6 Å². The Balaban J connectivity index is 1.54. The van der Waals surface area contributed by atoms with Crippen molar-refractivity contribution in [1.82, 2.24) is 29.3 Å². The molecule has 6 rings (SSSR count). The first-order valence-electron chi connectivity index (χ1n) is 16.7. The number of aromatic nitrogens is 5. The van der Waals surface area contributed by atoms with E-state index < -0.39 is 27.3 Å². The van der Waals surface area contributed by atoms with Crippen molar-refractivity contribution < 1.29 is 22.7 Å². The van der Waals surface area contributed by atoms with Gasteiger partial charge in [0.15, 0.2) is 0 Å². The van der Waals surface area contributed by atoms with E-state index >= 15 is 0 Å². The predicted molar refractivity (Wildman–Crippen MR) is 190 cm³/mol. The first kappa shape index (κ1) is 35.0. The molecule has 13 heteroatoms. The van der Waals surface area contributed by atoms with Crippen LogP contribution in [0.1, 0.15) is 83.9 Å². The zero-order valence-corrected chi connectivity index (χ0v) is 30.3. The lowest BCUT2D eigenvalue weighted by Gasteiger charge is -2.37. The van der Waals surface area contributed by atoms with Gasteiger partial charge < -0.3 is 15.2 Å². The zero-order chi connectivity index (χ0) is 36.0. The predicted octanol–water partition coefficient (Wildman–Crippen LogP) is 5.44. The summed E-state index contributed by atoms with van der Waals surface area (Å²) in [6, 6.07) is 17.1. The molecular formula is C37H43N7O5S. The second-order valence-electron chi connectivity index (χ2n) is 13.3. The number of methoxy groups -OCH3 is 1. The molecule has 3 heterocycles. The maximum absolute atomic E-state index is 14.1. The van der Waals surface area contributed by atoms with Gasteiger partial charge in [0.1, 0.15) is 22.3 Å². The molecule has 1 aliphatic rings. The average Bonchev–Trinajstić information content (AvgIpc) is 3.49. The highest BCUT2D eigenvalue weighted by Gasteiger charge is 2.40. The third-order valence-electron chi connectivity index (χ3n) is 9.82. The number of aryl methyl sites for hydroxylation is 3. The number of primary amides is 1. The Morgan fingerprint density at radius 2 is 1.88 bits per heavy atom. The molecule has 0 bridgehead atoms. The second-order valence-corrected chi connectivity index (χ2v) is 15.2. The van der Waals surface area contributed by atoms with Crippen LogP contribution in [-0.2, 0) is 28.5 Å². The normalized spacial score (nSPS) is 16.7. The molecule has 12 nitrogen and oxygen atoms in total. The minimum Gasteiger partial charge on any atom is -0.488 e. The minimum absolute atomic E-state index is 0.110. The highest BCUT2D eigenvalue weighted by Crippen LogP contribution is 2.46. The van der Waals surface area contributed by atoms with E-state index in [0.29, 0.717) is 24.4 Å². The highest BCUT2D eigenvalue weighted by molar-refractivity contribution is 7.89. The third kappa shape index (κ3) is 6.09. The topological polar surface area (TPSA) is 155 Å². The fraction of sp³-hybridized carbons (Fsp3) is 0.378. The van der Waals surface area contributed by atoms with Gasteiger partial charge in [-0.05, 0) is 73.2 Å². The fourth-order valence-electron chi connectivity index (χ4n) is 7.02. The zero-order valence-electron chi connectivity index (χ0n) is 29.5. The number of amides is 1. The summed E-state index contributed by atoms with van der Waals surface area (Å²) in [5, 5.41) is 8.89. The molecule has 2 N–H and O–H groups in total. The quantitative estimate of drug-likeness (QED) is 0.201. The standard InChI is InChI=1S/C37H43N7O5S/c1-8-26-21-43(50(46,47)31-13-11-10-12-30(31)49-26)20-25-18-24(15-14-22(25)3)32(27-16-17-29-33(23(27)4)41-42-44(29)9-2)37(5,6)34-28(35(38)45)19-39-36(40-34)48-7/h10-19,26,32H,8-9,20-21H2,1-7H3,(H2,38,45)/t26-,32+/m1/s1. The Bertz CT molecular complexity index is 2200. The van der Waals surface area contributed by atoms with E-state index in [4.69, 9.17) is 20.2 Å². The number of carbonyl (C=O) groups excluding carboxylic acids is 1. The summed E-state index contributed by atoms with van der Waals surface area (Å²) >= 11 is 0. The van der Waals surface area contributed by atoms with E-state index in [1.807, 2.05) is 64.4 Å². The molecule has 2 atom stereocenters. The van der Waals surface area contributed by atoms with Crippen molar-refractivity contribution in [3.63, 3.8) is 0 Å². The number of para-hydroxylation sites is 1. The van der Waals surface area contributed by atoms with Crippen LogP contribution in [0, 0.1) is 13.8 Å². The van der Waals surface area contributed by atoms with Gasteiger partial charge in [-0.25, -0.2) is 18.1 Å². The van der Waals surface area contributed by atoms with Crippen LogP contribution >= 0.6 is 0 Å². The first-order valence-corrected chi connectivity index (χ1v) is 18.1. The highest BCUT2D eigenvalue weighted by atomic mass is 32.2. The number of fused-ring (bicyclic) bond motifs is 2. The van der Waals surface area contributed by atoms with Crippen molar-refractivity contribution >= 4 is 27.0 Å². The summed E-state index contributed by atoms with van der Waals surface area (Å²) < 4.78 is 43.1. The van der Waals surface area contributed by atoms with Crippen molar-refractivity contribution in [3.8, 4) is 11.8 Å². The number of hydrogen-bond donors (Lipinski definition) is 1. The largest absolute Gasteiger partial charge is 0.488 e. The number of carbonyl (C=O) groups is 1. The van der Waals surface area contributed by atoms with Gasteiger partial charge in [0, 0.05) is 30.6 Å². The van der Waals surface area contributed by atoms with E-state index in [-0.39, 0.29) is 35.7 Å². The fourth-order valence-corrected chi connectivity index (χ4v) is 8.59. The molecule has 1 aliphatic heterocycles. The molecule has 3 aromatic carbocycles. The number of ether oxygens (including phenoxy) is 2. The van der Waals surface area contributed by atoms with Crippen LogP contribution in [0.3, 0.4) is 0 Å². The molecule has 262 valence electrons. The van der Waals surface area contributed by atoms with E-state index in [9.17, 15) is 13.2 Å². The van der Waals surface area contributed by atoms with Gasteiger partial charge in [-0.2, -0.15) is 9.29 Å². The van der Waals surface area contributed by atoms with Gasteiger partial charge in [0.2, 0.25) is 10.0 Å². The van der Waals surface area contributed by atoms with Crippen molar-refractivity contribution in [2.24, 2.45) is 5.73 Å². The lowest BCUT2D eigenvalue weighted by atomic mass is 9.67. The van der Waals surface area contributed by atoms with Crippen LogP contribution in [0.25, 0.3) is 11.0 Å². The van der Waals surface area contributed by atoms with Crippen LogP contribution < -0.4 is 15.2 Å². The summed E-state index contributed by atoms with van der Waals surface area (Å²) in [7, 11) is -2.41. The summed E-state index contributed by atoms with van der Waals surface area (Å²) in [4.78, 5) is 21.8. The third-order valence-corrected chi connectivity index (χ3v) is 11.7. The Morgan fingerprint density at radius 1 is 1.12 bits per heavy atom. The number of benzene rings is 3. The Morgan fingerprint density at radius 3 is 2.58 bits per heavy atom. The molecule has 0 aliphatic carbocycles. The smallest absolute Gasteiger partial charge is 0.316 e. The summed E-state index contributed by atoms with van der Waals surface area (Å²) in [6.45, 7) is 13.0. The average molecular weight is 698 g/mol. The lowest BCUT2D eigenvalue weighted by Crippen LogP contribution is -2.36. The van der Waals surface area contributed by atoms with Crippen LogP contribution in [0.15, 0.2) is 65.7 Å². The van der Waals surface area contributed by atoms with Crippen molar-refractivity contribution in [1.29, 1.82) is 0 Å². The monoisotopic (exact) mass is 697 g/mol. The minimum atomic E-state index is -3.88. The van der Waals surface area contributed by atoms with Crippen LogP contribution in [0.4, 0.5) is 0 Å². The number of nitrogens with two attached hydrogens (primary N) is 1. The molecule has 0 spiro atoms. The SMILES string of the molecule is CC[C@@H]1CN(Cc2cc([C@@H](c3ccc4c(nnn4CC)c3C)C(C)(C)c3nc(OC)ncc3C(N)=O)ccc2C)S(=O)(=O)c2ccccc2O1. The molecule has 1 amide bonds. The molecule has 5 aromatic rings. The van der Waals surface area contributed by atoms with Crippen LogP contribution in [-0.4, -0.2) is 63.4 Å². The van der Waals surface area contributed by atoms with Crippen molar-refractivity contribution in [3.05, 3.63) is 99.9 Å². The van der Waals surface area contributed by atoms with Gasteiger partial charge in [0.25, 0.3) is 5.91 Å². The summed E-state index contributed by atoms with van der Waals surface area (Å²) in [6.07, 6.45) is 1.74. The number of sulfonamides is 1. The molecule has 0 saturated carbocycles. The van der Waals surface area contributed by atoms with Gasteiger partial charge >= 0.3 is 6.01 Å². The van der Waals surface area contributed by atoms with Gasteiger partial charge in [-0.3, -0.25) is 4.79 Å². The van der Waals surface area contributed by atoms with Crippen LogP contribution in [0.5, 0.6) is 11.8 Å². The molecule has 0 saturated heterocycles. The van der Waals surface area contributed by atoms with E-state index in [1.54, 1.807) is 24.3 Å². The molecule has 50 heavy (non-hydrogen) atoms. The molecule has 2 aromatic heterocycles. The number of rotatable bonds is 10. The second kappa shape index (κ2) is 13.4. The van der Waals surface area contributed by atoms with Crippen molar-refractivity contribution in [2.75, 3.05) is 13.7 Å². The summed E-state index contributed by atoms with van der Waals surface area (Å²) in [5.74, 6) is -0.703. The van der Waals surface area contributed by atoms with E-state index in [2.05, 4.69) is 27.4 Å². The molecule has 0 radical (unpaired) electrons.